The summed E-state index contributed by atoms with van der Waals surface area (Å²) in [5.41, 5.74) is 7.47. The second kappa shape index (κ2) is 7.53. The molecule has 7 heteroatoms. The monoisotopic (exact) mass is 368 g/mol. The van der Waals surface area contributed by atoms with Crippen LogP contribution in [0.15, 0.2) is 48.5 Å². The molecule has 6 nitrogen and oxygen atoms in total. The molecule has 1 atom stereocenters. The molecule has 0 spiro atoms. The molecule has 26 heavy (non-hydrogen) atoms. The van der Waals surface area contributed by atoms with Crippen LogP contribution in [-0.2, 0) is 6.54 Å². The predicted octanol–water partition coefficient (Wildman–Crippen LogP) is 3.30. The Labute approximate surface area is 155 Å². The maximum absolute atomic E-state index is 12.8. The van der Waals surface area contributed by atoms with Crippen LogP contribution < -0.4 is 11.1 Å². The van der Waals surface area contributed by atoms with E-state index in [1.165, 1.54) is 0 Å². The van der Waals surface area contributed by atoms with Gasteiger partial charge >= 0.3 is 6.03 Å². The number of carbonyl (C=O) groups excluding carboxylic acids is 2. The number of fused-ring (bicyclic) bond motifs is 1. The van der Waals surface area contributed by atoms with E-state index < -0.39 is 6.03 Å². The highest BCUT2D eigenvalue weighted by molar-refractivity contribution is 7.18. The normalized spacial score (nSPS) is 11.9. The molecule has 134 valence electrons. The number of nitrogens with zero attached hydrogens (tertiary/aromatic N) is 2. The first-order valence-corrected chi connectivity index (χ1v) is 9.02. The maximum Gasteiger partial charge on any atom is 0.312 e. The molecule has 0 bridgehead atoms. The molecule has 0 aliphatic carbocycles. The summed E-state index contributed by atoms with van der Waals surface area (Å²) >= 11 is 1.60. The Bertz CT molecular complexity index is 903. The van der Waals surface area contributed by atoms with E-state index >= 15 is 0 Å². The minimum atomic E-state index is -0.574. The molecule has 3 N–H and O–H groups in total. The van der Waals surface area contributed by atoms with E-state index in [2.05, 4.69) is 10.3 Å². The first kappa shape index (κ1) is 17.9. The van der Waals surface area contributed by atoms with Gasteiger partial charge in [0.15, 0.2) is 0 Å². The third-order valence-corrected chi connectivity index (χ3v) is 5.44. The molecule has 0 saturated carbocycles. The van der Waals surface area contributed by atoms with Crippen molar-refractivity contribution in [3.8, 4) is 0 Å². The summed E-state index contributed by atoms with van der Waals surface area (Å²) < 4.78 is 1.11. The molecule has 2 aromatic carbocycles. The zero-order chi connectivity index (χ0) is 18.7. The lowest BCUT2D eigenvalue weighted by molar-refractivity contribution is 0.0742. The molecule has 1 heterocycles. The van der Waals surface area contributed by atoms with E-state index in [4.69, 9.17) is 5.73 Å². The Morgan fingerprint density at radius 3 is 2.54 bits per heavy atom. The Morgan fingerprint density at radius 2 is 1.88 bits per heavy atom. The van der Waals surface area contributed by atoms with Gasteiger partial charge in [0.25, 0.3) is 5.91 Å². The highest BCUT2D eigenvalue weighted by Crippen LogP contribution is 2.29. The number of thiazole rings is 1. The van der Waals surface area contributed by atoms with Crippen molar-refractivity contribution < 1.29 is 9.59 Å². The highest BCUT2D eigenvalue weighted by atomic mass is 32.1. The molecule has 3 aromatic rings. The average molecular weight is 368 g/mol. The van der Waals surface area contributed by atoms with Crippen molar-refractivity contribution in [3.63, 3.8) is 0 Å². The number of benzene rings is 2. The quantitative estimate of drug-likeness (QED) is 0.724. The van der Waals surface area contributed by atoms with Gasteiger partial charge < -0.3 is 16.0 Å². The van der Waals surface area contributed by atoms with Gasteiger partial charge in [0.1, 0.15) is 5.01 Å². The van der Waals surface area contributed by atoms with Crippen molar-refractivity contribution >= 4 is 33.5 Å². The van der Waals surface area contributed by atoms with Crippen molar-refractivity contribution in [2.24, 2.45) is 5.73 Å². The lowest BCUT2D eigenvalue weighted by atomic mass is 10.1. The minimum absolute atomic E-state index is 0.0776. The number of nitrogens with one attached hydrogen (secondary N) is 1. The summed E-state index contributed by atoms with van der Waals surface area (Å²) in [7, 11) is 1.78. The van der Waals surface area contributed by atoms with E-state index in [0.29, 0.717) is 12.1 Å². The van der Waals surface area contributed by atoms with E-state index in [1.807, 2.05) is 31.2 Å². The van der Waals surface area contributed by atoms with Gasteiger partial charge in [0, 0.05) is 19.2 Å². The van der Waals surface area contributed by atoms with Gasteiger partial charge in [-0.15, -0.1) is 11.3 Å². The number of amides is 3. The Morgan fingerprint density at radius 1 is 1.19 bits per heavy atom. The SMILES string of the molecule is CC(c1nc2ccccc2s1)N(C)C(=O)c1ccc(CNC(N)=O)cc1. The van der Waals surface area contributed by atoms with Crippen LogP contribution in [0.2, 0.25) is 0 Å². The topological polar surface area (TPSA) is 88.3 Å². The lowest BCUT2D eigenvalue weighted by Gasteiger charge is -2.23. The number of aromatic nitrogens is 1. The molecule has 3 rings (SSSR count). The average Bonchev–Trinajstić information content (AvgIpc) is 3.09. The number of primary amides is 1. The Balaban J connectivity index is 1.72. The molecule has 1 aromatic heterocycles. The van der Waals surface area contributed by atoms with Crippen molar-refractivity contribution in [2.75, 3.05) is 7.05 Å². The first-order valence-electron chi connectivity index (χ1n) is 8.20. The Kier molecular flexibility index (Phi) is 5.18. The molecule has 0 saturated heterocycles. The van der Waals surface area contributed by atoms with Crippen molar-refractivity contribution in [2.45, 2.75) is 19.5 Å². The standard InChI is InChI=1S/C19H20N4O2S/c1-12(17-22-15-5-3-4-6-16(15)26-17)23(2)18(24)14-9-7-13(8-10-14)11-21-19(20)25/h3-10,12H,11H2,1-2H3,(H3,20,21,25). The summed E-state index contributed by atoms with van der Waals surface area (Å²) in [5, 5.41) is 3.43. The second-order valence-electron chi connectivity index (χ2n) is 6.03. The van der Waals surface area contributed by atoms with Gasteiger partial charge in [-0.3, -0.25) is 4.79 Å². The van der Waals surface area contributed by atoms with Crippen LogP contribution in [0.3, 0.4) is 0 Å². The third-order valence-electron chi connectivity index (χ3n) is 4.24. The summed E-state index contributed by atoms with van der Waals surface area (Å²) in [6.45, 7) is 2.31. The third kappa shape index (κ3) is 3.83. The predicted molar refractivity (Wildman–Crippen MR) is 103 cm³/mol. The van der Waals surface area contributed by atoms with Gasteiger partial charge in [-0.25, -0.2) is 9.78 Å². The molecule has 3 amide bonds. The smallest absolute Gasteiger partial charge is 0.312 e. The van der Waals surface area contributed by atoms with E-state index in [0.717, 1.165) is 20.8 Å². The van der Waals surface area contributed by atoms with Gasteiger partial charge in [-0.1, -0.05) is 24.3 Å². The molecule has 1 unspecified atom stereocenters. The maximum atomic E-state index is 12.8. The van der Waals surface area contributed by atoms with Gasteiger partial charge in [-0.05, 0) is 36.8 Å². The molecule has 0 radical (unpaired) electrons. The summed E-state index contributed by atoms with van der Waals surface area (Å²) in [6, 6.07) is 14.4. The van der Waals surface area contributed by atoms with Crippen molar-refractivity contribution in [1.82, 2.24) is 15.2 Å². The zero-order valence-corrected chi connectivity index (χ0v) is 15.4. The van der Waals surface area contributed by atoms with Gasteiger partial charge in [0.2, 0.25) is 0 Å². The van der Waals surface area contributed by atoms with Crippen LogP contribution in [-0.4, -0.2) is 28.9 Å². The van der Waals surface area contributed by atoms with E-state index in [9.17, 15) is 9.59 Å². The zero-order valence-electron chi connectivity index (χ0n) is 14.6. The lowest BCUT2D eigenvalue weighted by Crippen LogP contribution is -2.30. The summed E-state index contributed by atoms with van der Waals surface area (Å²) in [5.74, 6) is -0.0776. The van der Waals surface area contributed by atoms with Crippen LogP contribution >= 0.6 is 11.3 Å². The van der Waals surface area contributed by atoms with Crippen molar-refractivity contribution in [3.05, 3.63) is 64.7 Å². The second-order valence-corrected chi connectivity index (χ2v) is 7.09. The van der Waals surface area contributed by atoms with Crippen LogP contribution in [0.1, 0.15) is 33.9 Å². The molecule has 0 fully saturated rings. The fourth-order valence-corrected chi connectivity index (χ4v) is 3.63. The van der Waals surface area contributed by atoms with E-state index in [1.54, 1.807) is 47.5 Å². The molecular formula is C19H20N4O2S. The number of hydrogen-bond donors (Lipinski definition) is 2. The minimum Gasteiger partial charge on any atom is -0.352 e. The molecule has 0 aliphatic heterocycles. The number of carbonyl (C=O) groups is 2. The number of para-hydroxylation sites is 1. The first-order chi connectivity index (χ1) is 12.5. The fraction of sp³-hybridized carbons (Fsp3) is 0.211. The van der Waals surface area contributed by atoms with Crippen LogP contribution in [0.4, 0.5) is 4.79 Å². The number of urea groups is 1. The summed E-state index contributed by atoms with van der Waals surface area (Å²) in [4.78, 5) is 29.8. The molecular weight excluding hydrogens is 348 g/mol. The number of hydrogen-bond acceptors (Lipinski definition) is 4. The largest absolute Gasteiger partial charge is 0.352 e. The number of rotatable bonds is 5. The number of nitrogens with two attached hydrogens (primary N) is 1. The Hall–Kier alpha value is -2.93. The van der Waals surface area contributed by atoms with Gasteiger partial charge in [0.05, 0.1) is 16.3 Å². The van der Waals surface area contributed by atoms with Crippen molar-refractivity contribution in [1.29, 1.82) is 0 Å². The summed E-state index contributed by atoms with van der Waals surface area (Å²) in [6.07, 6.45) is 0. The van der Waals surface area contributed by atoms with Crippen LogP contribution in [0.5, 0.6) is 0 Å². The molecule has 0 aliphatic rings. The highest BCUT2D eigenvalue weighted by Gasteiger charge is 2.21. The van der Waals surface area contributed by atoms with Gasteiger partial charge in [-0.2, -0.15) is 0 Å². The van der Waals surface area contributed by atoms with Crippen LogP contribution in [0, 0.1) is 0 Å². The van der Waals surface area contributed by atoms with Crippen LogP contribution in [0.25, 0.3) is 10.2 Å². The fourth-order valence-electron chi connectivity index (χ4n) is 2.57. The van der Waals surface area contributed by atoms with E-state index in [-0.39, 0.29) is 11.9 Å².